The number of anilines is 1. The summed E-state index contributed by atoms with van der Waals surface area (Å²) in [5, 5.41) is 8.91. The Kier molecular flexibility index (Phi) is 4.34. The van der Waals surface area contributed by atoms with Crippen molar-refractivity contribution >= 4 is 26.7 Å². The molecule has 0 radical (unpaired) electrons. The smallest absolute Gasteiger partial charge is 0.264 e. The van der Waals surface area contributed by atoms with Crippen molar-refractivity contribution in [2.45, 2.75) is 11.8 Å². The number of aliphatic hydroxyl groups is 1. The first-order valence-corrected chi connectivity index (χ1v) is 7.80. The second-order valence-electron chi connectivity index (χ2n) is 3.71. The largest absolute Gasteiger partial charge is 0.384 e. The number of aliphatic hydroxyl groups excluding tert-OH is 1. The lowest BCUT2D eigenvalue weighted by Crippen LogP contribution is -2.14. The topological polar surface area (TPSA) is 92.2 Å². The minimum Gasteiger partial charge on any atom is -0.384 e. The predicted octanol–water partition coefficient (Wildman–Crippen LogP) is 0.991. The monoisotopic (exact) mass is 309 g/mol. The summed E-state index contributed by atoms with van der Waals surface area (Å²) in [6.07, 6.45) is 0. The van der Waals surface area contributed by atoms with Gasteiger partial charge in [-0.3, -0.25) is 4.72 Å². The summed E-state index contributed by atoms with van der Waals surface area (Å²) in [6.45, 7) is 1.34. The van der Waals surface area contributed by atoms with Crippen molar-refractivity contribution in [2.24, 2.45) is 0 Å². The zero-order valence-electron chi connectivity index (χ0n) is 10.5. The van der Waals surface area contributed by atoms with E-state index in [0.29, 0.717) is 11.4 Å². The highest BCUT2D eigenvalue weighted by Crippen LogP contribution is 2.20. The first kappa shape index (κ1) is 14.5. The van der Waals surface area contributed by atoms with Gasteiger partial charge in [0.1, 0.15) is 17.3 Å². The van der Waals surface area contributed by atoms with Crippen LogP contribution >= 0.6 is 11.5 Å². The van der Waals surface area contributed by atoms with Gasteiger partial charge in [-0.2, -0.15) is 4.37 Å². The normalized spacial score (nSPS) is 10.7. The fraction of sp³-hybridized carbons (Fsp3) is 0.167. The lowest BCUT2D eigenvalue weighted by molar-refractivity contribution is 0.350. The van der Waals surface area contributed by atoms with E-state index in [-0.39, 0.29) is 16.6 Å². The fourth-order valence-electron chi connectivity index (χ4n) is 1.45. The molecule has 0 fully saturated rings. The van der Waals surface area contributed by atoms with Crippen LogP contribution in [0.2, 0.25) is 0 Å². The molecule has 1 aromatic carbocycles. The second-order valence-corrected chi connectivity index (χ2v) is 6.11. The molecule has 0 atom stereocenters. The minimum atomic E-state index is -3.79. The maximum atomic E-state index is 12.3. The number of aryl methyl sites for hydroxylation is 1. The molecule has 0 amide bonds. The van der Waals surface area contributed by atoms with Gasteiger partial charge in [0.05, 0.1) is 0 Å². The molecule has 1 aromatic heterocycles. The zero-order valence-corrected chi connectivity index (χ0v) is 12.1. The first-order valence-electron chi connectivity index (χ1n) is 5.55. The van der Waals surface area contributed by atoms with Gasteiger partial charge in [0, 0.05) is 17.1 Å². The average molecular weight is 309 g/mol. The average Bonchev–Trinajstić information content (AvgIpc) is 2.81. The molecule has 0 unspecified atom stereocenters. The molecule has 2 aromatic rings. The van der Waals surface area contributed by atoms with Crippen molar-refractivity contribution in [3.8, 4) is 11.8 Å². The van der Waals surface area contributed by atoms with E-state index in [2.05, 4.69) is 25.9 Å². The molecule has 0 saturated heterocycles. The summed E-state index contributed by atoms with van der Waals surface area (Å²) in [5.74, 6) is 5.54. The van der Waals surface area contributed by atoms with Gasteiger partial charge in [-0.1, -0.05) is 24.0 Å². The van der Waals surface area contributed by atoms with Gasteiger partial charge in [0.2, 0.25) is 5.13 Å². The third-order valence-electron chi connectivity index (χ3n) is 2.23. The summed E-state index contributed by atoms with van der Waals surface area (Å²) < 4.78 is 30.9. The Labute approximate surface area is 120 Å². The first-order chi connectivity index (χ1) is 9.53. The molecule has 0 bridgehead atoms. The van der Waals surface area contributed by atoms with Gasteiger partial charge in [0.15, 0.2) is 0 Å². The van der Waals surface area contributed by atoms with Crippen LogP contribution in [-0.2, 0) is 10.0 Å². The SMILES string of the molecule is Cc1nsc(NS(=O)(=O)c2ccccc2C#CCO)n1. The van der Waals surface area contributed by atoms with Gasteiger partial charge < -0.3 is 5.11 Å². The molecule has 6 nitrogen and oxygen atoms in total. The number of nitrogens with zero attached hydrogens (tertiary/aromatic N) is 2. The van der Waals surface area contributed by atoms with E-state index in [1.165, 1.54) is 6.07 Å². The molecular formula is C12H11N3O3S2. The number of rotatable bonds is 3. The summed E-state index contributed by atoms with van der Waals surface area (Å²) in [6, 6.07) is 6.29. The number of aromatic nitrogens is 2. The van der Waals surface area contributed by atoms with Gasteiger partial charge >= 0.3 is 0 Å². The van der Waals surface area contributed by atoms with Crippen molar-refractivity contribution in [3.05, 3.63) is 35.7 Å². The Bertz CT molecular complexity index is 772. The van der Waals surface area contributed by atoms with Crippen LogP contribution in [-0.4, -0.2) is 29.5 Å². The Morgan fingerprint density at radius 1 is 1.40 bits per heavy atom. The lowest BCUT2D eigenvalue weighted by Gasteiger charge is -2.06. The Morgan fingerprint density at radius 3 is 2.80 bits per heavy atom. The number of benzene rings is 1. The lowest BCUT2D eigenvalue weighted by atomic mass is 10.2. The van der Waals surface area contributed by atoms with E-state index >= 15 is 0 Å². The summed E-state index contributed by atoms with van der Waals surface area (Å²) in [4.78, 5) is 3.99. The molecule has 2 rings (SSSR count). The predicted molar refractivity (Wildman–Crippen MR) is 75.9 cm³/mol. The highest BCUT2D eigenvalue weighted by atomic mass is 32.2. The number of hydrogen-bond acceptors (Lipinski definition) is 6. The maximum absolute atomic E-state index is 12.3. The Hall–Kier alpha value is -1.95. The van der Waals surface area contributed by atoms with Crippen molar-refractivity contribution in [3.63, 3.8) is 0 Å². The van der Waals surface area contributed by atoms with Crippen LogP contribution < -0.4 is 4.72 Å². The number of hydrogen-bond donors (Lipinski definition) is 2. The van der Waals surface area contributed by atoms with Crippen LogP contribution in [0.5, 0.6) is 0 Å². The van der Waals surface area contributed by atoms with Crippen LogP contribution in [0.25, 0.3) is 0 Å². The van der Waals surface area contributed by atoms with Crippen molar-refractivity contribution in [2.75, 3.05) is 11.3 Å². The number of nitrogens with one attached hydrogen (secondary N) is 1. The molecule has 0 aliphatic heterocycles. The van der Waals surface area contributed by atoms with E-state index in [1.807, 2.05) is 0 Å². The van der Waals surface area contributed by atoms with Crippen molar-refractivity contribution in [1.29, 1.82) is 0 Å². The van der Waals surface area contributed by atoms with Gasteiger partial charge in [0.25, 0.3) is 10.0 Å². The molecule has 0 aliphatic rings. The second kappa shape index (κ2) is 6.00. The summed E-state index contributed by atoms with van der Waals surface area (Å²) in [5.41, 5.74) is 0.315. The molecule has 2 N–H and O–H groups in total. The minimum absolute atomic E-state index is 0.0359. The third kappa shape index (κ3) is 3.33. The highest BCUT2D eigenvalue weighted by molar-refractivity contribution is 7.93. The van der Waals surface area contributed by atoms with Crippen LogP contribution in [0.4, 0.5) is 5.13 Å². The quantitative estimate of drug-likeness (QED) is 0.825. The van der Waals surface area contributed by atoms with E-state index < -0.39 is 10.0 Å². The van der Waals surface area contributed by atoms with Crippen LogP contribution in [0.1, 0.15) is 11.4 Å². The molecular weight excluding hydrogens is 298 g/mol. The molecule has 8 heteroatoms. The Balaban J connectivity index is 2.39. The van der Waals surface area contributed by atoms with Crippen molar-refractivity contribution < 1.29 is 13.5 Å². The summed E-state index contributed by atoms with van der Waals surface area (Å²) >= 11 is 0.967. The molecule has 20 heavy (non-hydrogen) atoms. The zero-order chi connectivity index (χ0) is 14.6. The fourth-order valence-corrected chi connectivity index (χ4v) is 3.41. The van der Waals surface area contributed by atoms with E-state index in [9.17, 15) is 8.42 Å². The summed E-state index contributed by atoms with van der Waals surface area (Å²) in [7, 11) is -3.79. The van der Waals surface area contributed by atoms with Crippen molar-refractivity contribution in [1.82, 2.24) is 9.36 Å². The third-order valence-corrected chi connectivity index (χ3v) is 4.48. The van der Waals surface area contributed by atoms with Crippen LogP contribution in [0.15, 0.2) is 29.2 Å². The van der Waals surface area contributed by atoms with Gasteiger partial charge in [-0.25, -0.2) is 13.4 Å². The Morgan fingerprint density at radius 2 is 2.15 bits per heavy atom. The van der Waals surface area contributed by atoms with Crippen LogP contribution in [0, 0.1) is 18.8 Å². The van der Waals surface area contributed by atoms with E-state index in [1.54, 1.807) is 25.1 Å². The molecule has 0 aliphatic carbocycles. The van der Waals surface area contributed by atoms with Crippen LogP contribution in [0.3, 0.4) is 0 Å². The van der Waals surface area contributed by atoms with E-state index in [4.69, 9.17) is 5.11 Å². The molecule has 104 valence electrons. The molecule has 0 saturated carbocycles. The van der Waals surface area contributed by atoms with E-state index in [0.717, 1.165) is 11.5 Å². The standard InChI is InChI=1S/C12H11N3O3S2/c1-9-13-12(19-14-9)15-20(17,18)11-7-3-2-5-10(11)6-4-8-16/h2-3,5,7,16H,8H2,1H3,(H,13,14,15). The maximum Gasteiger partial charge on any atom is 0.264 e. The molecule has 0 spiro atoms. The van der Waals surface area contributed by atoms with Gasteiger partial charge in [-0.15, -0.1) is 0 Å². The number of sulfonamides is 1. The highest BCUT2D eigenvalue weighted by Gasteiger charge is 2.19. The molecule has 1 heterocycles. The van der Waals surface area contributed by atoms with Gasteiger partial charge in [-0.05, 0) is 19.1 Å².